The molecule has 0 atom stereocenters. The van der Waals surface area contributed by atoms with Crippen molar-refractivity contribution in [2.75, 3.05) is 0 Å². The van der Waals surface area contributed by atoms with Crippen LogP contribution in [0.2, 0.25) is 0 Å². The quantitative estimate of drug-likeness (QED) is 0.376. The Labute approximate surface area is 168 Å². The lowest BCUT2D eigenvalue weighted by atomic mass is 10.0. The van der Waals surface area contributed by atoms with Crippen LogP contribution in [0.15, 0.2) is 91.3 Å². The lowest BCUT2D eigenvalue weighted by molar-refractivity contribution is -0.131. The molecule has 0 aliphatic carbocycles. The fourth-order valence-electron chi connectivity index (χ4n) is 3.84. The first-order chi connectivity index (χ1) is 14.2. The van der Waals surface area contributed by atoms with Gasteiger partial charge in [-0.15, -0.1) is 0 Å². The first kappa shape index (κ1) is 17.2. The number of carbonyl (C=O) groups is 1. The molecule has 0 saturated heterocycles. The van der Waals surface area contributed by atoms with Gasteiger partial charge in [0, 0.05) is 12.3 Å². The number of nitrogens with zero attached hydrogens (tertiary/aromatic N) is 2. The maximum atomic E-state index is 12.1. The highest BCUT2D eigenvalue weighted by atomic mass is 16.5. The van der Waals surface area contributed by atoms with Crippen molar-refractivity contribution in [3.8, 4) is 28.1 Å². The molecule has 140 valence electrons. The molecule has 0 bridgehead atoms. The van der Waals surface area contributed by atoms with Crippen molar-refractivity contribution >= 4 is 22.4 Å². The summed E-state index contributed by atoms with van der Waals surface area (Å²) in [6.07, 6.45) is 1.80. The topological polar surface area (TPSA) is 43.6 Å². The molecule has 4 heteroatoms. The minimum atomic E-state index is -0.352. The van der Waals surface area contributed by atoms with Crippen molar-refractivity contribution in [2.45, 2.75) is 6.92 Å². The lowest BCUT2D eigenvalue weighted by Crippen LogP contribution is -2.02. The van der Waals surface area contributed by atoms with E-state index >= 15 is 0 Å². The number of hydrogen-bond donors (Lipinski definition) is 0. The average molecular weight is 378 g/mol. The second kappa shape index (κ2) is 6.91. The van der Waals surface area contributed by atoms with E-state index in [0.717, 1.165) is 38.8 Å². The van der Waals surface area contributed by atoms with E-state index in [1.807, 2.05) is 77.2 Å². The van der Waals surface area contributed by atoms with E-state index in [4.69, 9.17) is 4.74 Å². The first-order valence-electron chi connectivity index (χ1n) is 9.45. The standard InChI is InChI=1S/C25H18N2O2/c1-17(28)29-25-22(18-10-4-2-5-11-18)23(19-12-6-3-7-13-19)27-16-26-21-15-9-8-14-20(21)24(25)27/h2-16H,1H3. The zero-order valence-corrected chi connectivity index (χ0v) is 15.9. The van der Waals surface area contributed by atoms with Gasteiger partial charge in [0.05, 0.1) is 16.8 Å². The van der Waals surface area contributed by atoms with Crippen molar-refractivity contribution in [3.63, 3.8) is 0 Å². The summed E-state index contributed by atoms with van der Waals surface area (Å²) >= 11 is 0. The van der Waals surface area contributed by atoms with E-state index in [-0.39, 0.29) is 5.97 Å². The zero-order valence-electron chi connectivity index (χ0n) is 15.9. The normalized spacial score (nSPS) is 11.1. The molecule has 5 rings (SSSR count). The Kier molecular flexibility index (Phi) is 4.10. The van der Waals surface area contributed by atoms with E-state index < -0.39 is 0 Å². The third kappa shape index (κ3) is 2.86. The molecule has 0 aliphatic heterocycles. The Balaban J connectivity index is 2.01. The van der Waals surface area contributed by atoms with Crippen LogP contribution in [0, 0.1) is 0 Å². The number of para-hydroxylation sites is 1. The molecule has 0 amide bonds. The SMILES string of the molecule is CC(=O)Oc1c(-c2ccccc2)c(-c2ccccc2)n2cnc3ccccc3c12. The molecule has 4 nitrogen and oxygen atoms in total. The average Bonchev–Trinajstić information content (AvgIpc) is 3.09. The van der Waals surface area contributed by atoms with Gasteiger partial charge in [-0.1, -0.05) is 78.9 Å². The third-order valence-corrected chi connectivity index (χ3v) is 4.99. The van der Waals surface area contributed by atoms with E-state index in [0.29, 0.717) is 5.75 Å². The molecule has 2 aromatic heterocycles. The summed E-state index contributed by atoms with van der Waals surface area (Å²) in [6.45, 7) is 1.43. The number of aromatic nitrogens is 2. The predicted octanol–water partition coefficient (Wildman–Crippen LogP) is 5.75. The maximum absolute atomic E-state index is 12.1. The van der Waals surface area contributed by atoms with Gasteiger partial charge in [0.15, 0.2) is 5.75 Å². The van der Waals surface area contributed by atoms with Crippen molar-refractivity contribution in [2.24, 2.45) is 0 Å². The van der Waals surface area contributed by atoms with Gasteiger partial charge in [0.2, 0.25) is 0 Å². The van der Waals surface area contributed by atoms with Crippen LogP contribution in [0.5, 0.6) is 5.75 Å². The van der Waals surface area contributed by atoms with Gasteiger partial charge in [0.25, 0.3) is 0 Å². The highest BCUT2D eigenvalue weighted by Gasteiger charge is 2.25. The van der Waals surface area contributed by atoms with Crippen LogP contribution in [0.1, 0.15) is 6.92 Å². The van der Waals surface area contributed by atoms with Crippen molar-refractivity contribution in [1.29, 1.82) is 0 Å². The monoisotopic (exact) mass is 378 g/mol. The third-order valence-electron chi connectivity index (χ3n) is 4.99. The molecule has 0 N–H and O–H groups in total. The lowest BCUT2D eigenvalue weighted by Gasteiger charge is -2.08. The summed E-state index contributed by atoms with van der Waals surface area (Å²) in [4.78, 5) is 16.7. The van der Waals surface area contributed by atoms with E-state index in [9.17, 15) is 4.79 Å². The van der Waals surface area contributed by atoms with Gasteiger partial charge in [-0.25, -0.2) is 4.98 Å². The summed E-state index contributed by atoms with van der Waals surface area (Å²) < 4.78 is 7.86. The van der Waals surface area contributed by atoms with Gasteiger partial charge in [0.1, 0.15) is 11.8 Å². The first-order valence-corrected chi connectivity index (χ1v) is 9.45. The molecular weight excluding hydrogens is 360 g/mol. The molecule has 0 spiro atoms. The molecule has 29 heavy (non-hydrogen) atoms. The second-order valence-electron chi connectivity index (χ2n) is 6.86. The minimum absolute atomic E-state index is 0.352. The van der Waals surface area contributed by atoms with Gasteiger partial charge in [-0.3, -0.25) is 9.20 Å². The summed E-state index contributed by atoms with van der Waals surface area (Å²) in [5.41, 5.74) is 5.52. The van der Waals surface area contributed by atoms with Gasteiger partial charge in [-0.05, 0) is 17.2 Å². The van der Waals surface area contributed by atoms with Crippen LogP contribution >= 0.6 is 0 Å². The molecule has 2 heterocycles. The Bertz CT molecular complexity index is 1340. The molecule has 0 unspecified atom stereocenters. The molecule has 0 saturated carbocycles. The minimum Gasteiger partial charge on any atom is -0.424 e. The van der Waals surface area contributed by atoms with Crippen molar-refractivity contribution < 1.29 is 9.53 Å². The predicted molar refractivity (Wildman–Crippen MR) is 115 cm³/mol. The molecule has 0 aliphatic rings. The summed E-state index contributed by atoms with van der Waals surface area (Å²) in [5.74, 6) is 0.205. The van der Waals surface area contributed by atoms with E-state index in [2.05, 4.69) is 17.1 Å². The Morgan fingerprint density at radius 3 is 2.14 bits per heavy atom. The number of carbonyl (C=O) groups excluding carboxylic acids is 1. The largest absolute Gasteiger partial charge is 0.424 e. The summed E-state index contributed by atoms with van der Waals surface area (Å²) in [5, 5.41) is 0.936. The number of esters is 1. The summed E-state index contributed by atoms with van der Waals surface area (Å²) in [6, 6.07) is 28.0. The number of benzene rings is 3. The number of ether oxygens (including phenoxy) is 1. The maximum Gasteiger partial charge on any atom is 0.308 e. The highest BCUT2D eigenvalue weighted by molar-refractivity contribution is 6.05. The fourth-order valence-corrected chi connectivity index (χ4v) is 3.84. The summed E-state index contributed by atoms with van der Waals surface area (Å²) in [7, 11) is 0. The van der Waals surface area contributed by atoms with E-state index in [1.165, 1.54) is 6.92 Å². The highest BCUT2D eigenvalue weighted by Crippen LogP contribution is 2.46. The van der Waals surface area contributed by atoms with Crippen molar-refractivity contribution in [3.05, 3.63) is 91.3 Å². The Hall–Kier alpha value is -3.92. The van der Waals surface area contributed by atoms with Crippen LogP contribution in [0.25, 0.3) is 38.8 Å². The number of rotatable bonds is 3. The van der Waals surface area contributed by atoms with Crippen LogP contribution < -0.4 is 4.74 Å². The van der Waals surface area contributed by atoms with Crippen LogP contribution in [0.3, 0.4) is 0 Å². The molecular formula is C25H18N2O2. The van der Waals surface area contributed by atoms with Gasteiger partial charge in [-0.2, -0.15) is 0 Å². The second-order valence-corrected chi connectivity index (χ2v) is 6.86. The van der Waals surface area contributed by atoms with Crippen LogP contribution in [0.4, 0.5) is 0 Å². The van der Waals surface area contributed by atoms with Gasteiger partial charge >= 0.3 is 5.97 Å². The zero-order chi connectivity index (χ0) is 19.8. The fraction of sp³-hybridized carbons (Fsp3) is 0.0400. The Morgan fingerprint density at radius 2 is 1.45 bits per heavy atom. The molecule has 5 aromatic rings. The number of fused-ring (bicyclic) bond motifs is 3. The Morgan fingerprint density at radius 1 is 0.828 bits per heavy atom. The van der Waals surface area contributed by atoms with Crippen molar-refractivity contribution in [1.82, 2.24) is 9.38 Å². The smallest absolute Gasteiger partial charge is 0.308 e. The molecule has 0 radical (unpaired) electrons. The van der Waals surface area contributed by atoms with Gasteiger partial charge < -0.3 is 4.74 Å². The van der Waals surface area contributed by atoms with Crippen LogP contribution in [-0.4, -0.2) is 15.4 Å². The molecule has 3 aromatic carbocycles. The molecule has 0 fully saturated rings. The number of hydrogen-bond acceptors (Lipinski definition) is 3. The van der Waals surface area contributed by atoms with Crippen LogP contribution in [-0.2, 0) is 4.79 Å². The van der Waals surface area contributed by atoms with E-state index in [1.54, 1.807) is 6.33 Å².